The number of pyridine rings is 1. The Morgan fingerprint density at radius 1 is 1.30 bits per heavy atom. The third-order valence-corrected chi connectivity index (χ3v) is 3.89. The molecular formula is C14H12Br2N2O2. The number of carbonyl (C=O) groups is 1. The molecule has 2 aromatic rings. The van der Waals surface area contributed by atoms with E-state index in [2.05, 4.69) is 42.2 Å². The number of benzene rings is 1. The molecule has 0 saturated carbocycles. The van der Waals surface area contributed by atoms with E-state index in [1.807, 2.05) is 19.1 Å². The van der Waals surface area contributed by atoms with Crippen LogP contribution in [0.2, 0.25) is 0 Å². The number of halogens is 2. The third kappa shape index (κ3) is 3.37. The van der Waals surface area contributed by atoms with Crippen molar-refractivity contribution in [1.82, 2.24) is 10.3 Å². The van der Waals surface area contributed by atoms with E-state index in [0.717, 1.165) is 5.56 Å². The molecule has 20 heavy (non-hydrogen) atoms. The fourth-order valence-electron chi connectivity index (χ4n) is 1.75. The Bertz CT molecular complexity index is 633. The topological polar surface area (TPSA) is 62.2 Å². The molecule has 0 aliphatic carbocycles. The average Bonchev–Trinajstić information content (AvgIpc) is 2.43. The molecule has 1 aromatic heterocycles. The summed E-state index contributed by atoms with van der Waals surface area (Å²) in [5.74, 6) is -0.415. The number of nitrogens with zero attached hydrogens (tertiary/aromatic N) is 1. The van der Waals surface area contributed by atoms with Gasteiger partial charge in [0.25, 0.3) is 5.91 Å². The van der Waals surface area contributed by atoms with E-state index in [1.54, 1.807) is 24.5 Å². The Kier molecular flexibility index (Phi) is 4.77. The van der Waals surface area contributed by atoms with Gasteiger partial charge in [-0.25, -0.2) is 0 Å². The Morgan fingerprint density at radius 2 is 1.95 bits per heavy atom. The first-order valence-corrected chi connectivity index (χ1v) is 7.46. The molecule has 0 saturated heterocycles. The van der Waals surface area contributed by atoms with Gasteiger partial charge in [0.2, 0.25) is 0 Å². The van der Waals surface area contributed by atoms with E-state index < -0.39 is 0 Å². The summed E-state index contributed by atoms with van der Waals surface area (Å²) in [4.78, 5) is 16.2. The minimum absolute atomic E-state index is 0.0763. The average molecular weight is 400 g/mol. The van der Waals surface area contributed by atoms with Crippen molar-refractivity contribution in [2.24, 2.45) is 0 Å². The van der Waals surface area contributed by atoms with Gasteiger partial charge in [0.1, 0.15) is 5.75 Å². The number of carbonyl (C=O) groups excluding carboxylic acids is 1. The molecule has 0 bridgehead atoms. The highest BCUT2D eigenvalue weighted by Crippen LogP contribution is 2.31. The van der Waals surface area contributed by atoms with E-state index in [1.165, 1.54) is 0 Å². The van der Waals surface area contributed by atoms with E-state index in [4.69, 9.17) is 0 Å². The Morgan fingerprint density at radius 3 is 2.60 bits per heavy atom. The van der Waals surface area contributed by atoms with Gasteiger partial charge in [-0.3, -0.25) is 9.78 Å². The van der Waals surface area contributed by atoms with Gasteiger partial charge in [-0.05, 0) is 52.7 Å². The fourth-order valence-corrected chi connectivity index (χ4v) is 2.97. The smallest absolute Gasteiger partial charge is 0.255 e. The van der Waals surface area contributed by atoms with Crippen molar-refractivity contribution in [3.8, 4) is 5.75 Å². The normalized spacial score (nSPS) is 11.9. The molecule has 1 heterocycles. The molecule has 0 fully saturated rings. The zero-order chi connectivity index (χ0) is 14.7. The fraction of sp³-hybridized carbons (Fsp3) is 0.143. The van der Waals surface area contributed by atoms with Crippen LogP contribution in [0.4, 0.5) is 0 Å². The molecule has 0 aliphatic heterocycles. The van der Waals surface area contributed by atoms with Gasteiger partial charge in [0.15, 0.2) is 0 Å². The SMILES string of the molecule is CC(NC(=O)c1cc(Br)cc(Br)c1O)c1ccncc1. The lowest BCUT2D eigenvalue weighted by molar-refractivity contribution is 0.0937. The molecule has 4 nitrogen and oxygen atoms in total. The summed E-state index contributed by atoms with van der Waals surface area (Å²) in [7, 11) is 0. The van der Waals surface area contributed by atoms with Gasteiger partial charge >= 0.3 is 0 Å². The zero-order valence-corrected chi connectivity index (χ0v) is 13.8. The summed E-state index contributed by atoms with van der Waals surface area (Å²) in [6.45, 7) is 1.87. The molecule has 1 amide bonds. The standard InChI is InChI=1S/C14H12Br2N2O2/c1-8(9-2-4-17-5-3-9)18-14(20)11-6-10(15)7-12(16)13(11)19/h2-8,19H,1H3,(H,18,20). The van der Waals surface area contributed by atoms with Crippen LogP contribution in [0.15, 0.2) is 45.6 Å². The van der Waals surface area contributed by atoms with Crippen LogP contribution >= 0.6 is 31.9 Å². The van der Waals surface area contributed by atoms with Crippen LogP contribution in [0.5, 0.6) is 5.75 Å². The number of aromatic hydroxyl groups is 1. The molecule has 1 atom stereocenters. The van der Waals surface area contributed by atoms with Crippen molar-refractivity contribution in [1.29, 1.82) is 0 Å². The third-order valence-electron chi connectivity index (χ3n) is 2.83. The minimum Gasteiger partial charge on any atom is -0.506 e. The molecule has 0 spiro atoms. The lowest BCUT2D eigenvalue weighted by Gasteiger charge is -2.15. The monoisotopic (exact) mass is 398 g/mol. The highest BCUT2D eigenvalue weighted by molar-refractivity contribution is 9.11. The van der Waals surface area contributed by atoms with E-state index in [9.17, 15) is 9.90 Å². The Labute approximate surface area is 133 Å². The van der Waals surface area contributed by atoms with Gasteiger partial charge in [0, 0.05) is 16.9 Å². The molecule has 1 aromatic carbocycles. The van der Waals surface area contributed by atoms with Crippen LogP contribution in [0.1, 0.15) is 28.9 Å². The number of rotatable bonds is 3. The summed E-state index contributed by atoms with van der Waals surface area (Å²) in [5.41, 5.74) is 1.16. The lowest BCUT2D eigenvalue weighted by atomic mass is 10.1. The van der Waals surface area contributed by atoms with Gasteiger partial charge in [-0.1, -0.05) is 15.9 Å². The first-order valence-electron chi connectivity index (χ1n) is 5.88. The maximum atomic E-state index is 12.2. The van der Waals surface area contributed by atoms with Crippen molar-refractivity contribution < 1.29 is 9.90 Å². The summed E-state index contributed by atoms with van der Waals surface area (Å²) in [5, 5.41) is 12.8. The second-order valence-corrected chi connectivity index (χ2v) is 6.03. The minimum atomic E-state index is -0.339. The number of hydrogen-bond acceptors (Lipinski definition) is 3. The number of nitrogens with one attached hydrogen (secondary N) is 1. The zero-order valence-electron chi connectivity index (χ0n) is 10.6. The maximum absolute atomic E-state index is 12.2. The van der Waals surface area contributed by atoms with Crippen LogP contribution in [0.3, 0.4) is 0 Å². The molecule has 0 aliphatic rings. The van der Waals surface area contributed by atoms with Crippen LogP contribution in [-0.4, -0.2) is 16.0 Å². The highest BCUT2D eigenvalue weighted by Gasteiger charge is 2.17. The second kappa shape index (κ2) is 6.37. The van der Waals surface area contributed by atoms with Crippen molar-refractivity contribution in [2.75, 3.05) is 0 Å². The largest absolute Gasteiger partial charge is 0.506 e. The van der Waals surface area contributed by atoms with Crippen LogP contribution in [0, 0.1) is 0 Å². The molecule has 2 N–H and O–H groups in total. The molecule has 2 rings (SSSR count). The molecule has 104 valence electrons. The van der Waals surface area contributed by atoms with Crippen LogP contribution in [-0.2, 0) is 0 Å². The second-order valence-electron chi connectivity index (χ2n) is 4.26. The van der Waals surface area contributed by atoms with Crippen LogP contribution in [0.25, 0.3) is 0 Å². The van der Waals surface area contributed by atoms with Crippen molar-refractivity contribution >= 4 is 37.8 Å². The maximum Gasteiger partial charge on any atom is 0.255 e. The predicted octanol–water partition coefficient (Wildman–Crippen LogP) is 3.80. The first-order chi connectivity index (χ1) is 9.49. The summed E-state index contributed by atoms with van der Waals surface area (Å²) >= 11 is 6.51. The van der Waals surface area contributed by atoms with Crippen molar-refractivity contribution in [3.05, 3.63) is 56.7 Å². The summed E-state index contributed by atoms with van der Waals surface area (Å²) in [6, 6.07) is 6.75. The van der Waals surface area contributed by atoms with Gasteiger partial charge in [-0.2, -0.15) is 0 Å². The summed E-state index contributed by atoms with van der Waals surface area (Å²) < 4.78 is 1.18. The molecule has 1 unspecified atom stereocenters. The number of amides is 1. The molecule has 0 radical (unpaired) electrons. The number of aromatic nitrogens is 1. The number of phenols is 1. The van der Waals surface area contributed by atoms with Gasteiger partial charge in [-0.15, -0.1) is 0 Å². The number of phenolic OH excluding ortho intramolecular Hbond substituents is 1. The van der Waals surface area contributed by atoms with Crippen molar-refractivity contribution in [3.63, 3.8) is 0 Å². The van der Waals surface area contributed by atoms with Gasteiger partial charge < -0.3 is 10.4 Å². The quantitative estimate of drug-likeness (QED) is 0.824. The van der Waals surface area contributed by atoms with Crippen molar-refractivity contribution in [2.45, 2.75) is 13.0 Å². The molecule has 6 heteroatoms. The lowest BCUT2D eigenvalue weighted by Crippen LogP contribution is -2.26. The van der Waals surface area contributed by atoms with E-state index >= 15 is 0 Å². The Hall–Kier alpha value is -1.40. The molecular weight excluding hydrogens is 388 g/mol. The highest BCUT2D eigenvalue weighted by atomic mass is 79.9. The van der Waals surface area contributed by atoms with E-state index in [-0.39, 0.29) is 23.3 Å². The van der Waals surface area contributed by atoms with Gasteiger partial charge in [0.05, 0.1) is 16.1 Å². The van der Waals surface area contributed by atoms with E-state index in [0.29, 0.717) is 8.95 Å². The first kappa shape index (κ1) is 15.0. The summed E-state index contributed by atoms with van der Waals surface area (Å²) in [6.07, 6.45) is 3.34. The predicted molar refractivity (Wildman–Crippen MR) is 83.6 cm³/mol. The van der Waals surface area contributed by atoms with Crippen LogP contribution < -0.4 is 5.32 Å². The number of hydrogen-bond donors (Lipinski definition) is 2. The Balaban J connectivity index is 2.21.